The summed E-state index contributed by atoms with van der Waals surface area (Å²) in [7, 11) is 0. The van der Waals surface area contributed by atoms with E-state index in [1.165, 1.54) is 0 Å². The lowest BCUT2D eigenvalue weighted by atomic mass is 10.1. The highest BCUT2D eigenvalue weighted by Gasteiger charge is 2.10. The predicted molar refractivity (Wildman–Crippen MR) is 79.0 cm³/mol. The summed E-state index contributed by atoms with van der Waals surface area (Å²) >= 11 is 0. The van der Waals surface area contributed by atoms with Crippen LogP contribution >= 0.6 is 0 Å². The lowest BCUT2D eigenvalue weighted by Gasteiger charge is -2.11. The van der Waals surface area contributed by atoms with Gasteiger partial charge in [0.15, 0.2) is 0 Å². The van der Waals surface area contributed by atoms with Gasteiger partial charge < -0.3 is 10.5 Å². The Morgan fingerprint density at radius 3 is 2.35 bits per heavy atom. The van der Waals surface area contributed by atoms with Gasteiger partial charge in [0.1, 0.15) is 5.75 Å². The number of nitrogen functional groups attached to an aromatic ring is 1. The van der Waals surface area contributed by atoms with Gasteiger partial charge in [-0.15, -0.1) is 5.10 Å². The molecule has 5 nitrogen and oxygen atoms in total. The Balaban J connectivity index is 2.33. The standard InChI is InChI=1S/C15H20N4O/c1-5-12-13(6-2)18-19-15(17-12)20-14-8-9(3)11(16)7-10(14)4/h7-8H,5-6,16H2,1-4H3. The first-order chi connectivity index (χ1) is 9.55. The maximum absolute atomic E-state index is 5.87. The van der Waals surface area contributed by atoms with Gasteiger partial charge in [0.2, 0.25) is 0 Å². The van der Waals surface area contributed by atoms with E-state index in [1.807, 2.05) is 39.8 Å². The van der Waals surface area contributed by atoms with E-state index < -0.39 is 0 Å². The Kier molecular flexibility index (Phi) is 4.17. The Hall–Kier alpha value is -2.17. The van der Waals surface area contributed by atoms with E-state index >= 15 is 0 Å². The first kappa shape index (κ1) is 14.2. The zero-order valence-electron chi connectivity index (χ0n) is 12.4. The van der Waals surface area contributed by atoms with Gasteiger partial charge in [0.05, 0.1) is 11.4 Å². The van der Waals surface area contributed by atoms with E-state index in [4.69, 9.17) is 10.5 Å². The zero-order chi connectivity index (χ0) is 14.7. The summed E-state index contributed by atoms with van der Waals surface area (Å²) in [5, 5.41) is 8.20. The van der Waals surface area contributed by atoms with Crippen molar-refractivity contribution < 1.29 is 4.74 Å². The summed E-state index contributed by atoms with van der Waals surface area (Å²) in [6.45, 7) is 7.97. The second-order valence-corrected chi connectivity index (χ2v) is 4.77. The highest BCUT2D eigenvalue weighted by molar-refractivity contribution is 5.54. The second-order valence-electron chi connectivity index (χ2n) is 4.77. The minimum atomic E-state index is 0.284. The van der Waals surface area contributed by atoms with Crippen LogP contribution in [0.5, 0.6) is 11.8 Å². The molecule has 1 heterocycles. The van der Waals surface area contributed by atoms with E-state index in [9.17, 15) is 0 Å². The van der Waals surface area contributed by atoms with Gasteiger partial charge in [-0.1, -0.05) is 18.9 Å². The van der Waals surface area contributed by atoms with E-state index in [0.717, 1.165) is 41.0 Å². The topological polar surface area (TPSA) is 73.9 Å². The van der Waals surface area contributed by atoms with Crippen LogP contribution in [0, 0.1) is 13.8 Å². The first-order valence-electron chi connectivity index (χ1n) is 6.82. The largest absolute Gasteiger partial charge is 0.423 e. The lowest BCUT2D eigenvalue weighted by Crippen LogP contribution is -2.05. The molecule has 2 rings (SSSR count). The third-order valence-electron chi connectivity index (χ3n) is 3.25. The normalized spacial score (nSPS) is 10.6. The van der Waals surface area contributed by atoms with Gasteiger partial charge in [-0.3, -0.25) is 0 Å². The maximum Gasteiger partial charge on any atom is 0.341 e. The summed E-state index contributed by atoms with van der Waals surface area (Å²) in [6.07, 6.45) is 1.64. The van der Waals surface area contributed by atoms with Gasteiger partial charge in [0, 0.05) is 5.69 Å². The van der Waals surface area contributed by atoms with Crippen LogP contribution in [0.1, 0.15) is 36.4 Å². The Morgan fingerprint density at radius 1 is 1.00 bits per heavy atom. The van der Waals surface area contributed by atoms with Crippen molar-refractivity contribution in [2.75, 3.05) is 5.73 Å². The molecule has 20 heavy (non-hydrogen) atoms. The fraction of sp³-hybridized carbons (Fsp3) is 0.400. The molecule has 1 aromatic carbocycles. The number of hydrogen-bond donors (Lipinski definition) is 1. The van der Waals surface area contributed by atoms with Gasteiger partial charge in [0.25, 0.3) is 0 Å². The highest BCUT2D eigenvalue weighted by Crippen LogP contribution is 2.27. The number of hydrogen-bond acceptors (Lipinski definition) is 5. The third kappa shape index (κ3) is 2.87. The highest BCUT2D eigenvalue weighted by atomic mass is 16.5. The number of aryl methyl sites for hydroxylation is 4. The SMILES string of the molecule is CCc1nnc(Oc2cc(C)c(N)cc2C)nc1CC. The molecule has 0 aliphatic carbocycles. The fourth-order valence-electron chi connectivity index (χ4n) is 1.98. The number of nitrogens with zero attached hydrogens (tertiary/aromatic N) is 3. The van der Waals surface area contributed by atoms with Crippen molar-refractivity contribution in [2.45, 2.75) is 40.5 Å². The van der Waals surface area contributed by atoms with Gasteiger partial charge in [-0.05, 0) is 49.9 Å². The van der Waals surface area contributed by atoms with Crippen LogP contribution in [0.15, 0.2) is 12.1 Å². The number of ether oxygens (including phenoxy) is 1. The van der Waals surface area contributed by atoms with Crippen LogP contribution in [-0.4, -0.2) is 15.2 Å². The Bertz CT molecular complexity index is 626. The third-order valence-corrected chi connectivity index (χ3v) is 3.25. The van der Waals surface area contributed by atoms with Gasteiger partial charge in [-0.2, -0.15) is 4.98 Å². The molecular formula is C15H20N4O. The zero-order valence-corrected chi connectivity index (χ0v) is 12.4. The van der Waals surface area contributed by atoms with Crippen molar-refractivity contribution in [3.8, 4) is 11.8 Å². The molecule has 0 atom stereocenters. The summed E-state index contributed by atoms with van der Waals surface area (Å²) < 4.78 is 5.75. The number of aromatic nitrogens is 3. The van der Waals surface area contributed by atoms with E-state index in [1.54, 1.807) is 0 Å². The number of nitrogens with two attached hydrogens (primary N) is 1. The van der Waals surface area contributed by atoms with Crippen molar-refractivity contribution in [2.24, 2.45) is 0 Å². The monoisotopic (exact) mass is 272 g/mol. The average molecular weight is 272 g/mol. The molecule has 0 saturated carbocycles. The second kappa shape index (κ2) is 5.86. The van der Waals surface area contributed by atoms with Crippen LogP contribution in [0.3, 0.4) is 0 Å². The van der Waals surface area contributed by atoms with Gasteiger partial charge in [-0.25, -0.2) is 0 Å². The maximum atomic E-state index is 5.87. The molecule has 0 spiro atoms. The minimum absolute atomic E-state index is 0.284. The molecule has 2 N–H and O–H groups in total. The van der Waals surface area contributed by atoms with Crippen LogP contribution in [0.25, 0.3) is 0 Å². The number of anilines is 1. The van der Waals surface area contributed by atoms with Crippen LogP contribution < -0.4 is 10.5 Å². The molecule has 106 valence electrons. The van der Waals surface area contributed by atoms with Crippen molar-refractivity contribution in [1.29, 1.82) is 0 Å². The molecule has 0 fully saturated rings. The lowest BCUT2D eigenvalue weighted by molar-refractivity contribution is 0.425. The fourth-order valence-corrected chi connectivity index (χ4v) is 1.98. The summed E-state index contributed by atoms with van der Waals surface area (Å²) in [5.74, 6) is 0.713. The first-order valence-corrected chi connectivity index (χ1v) is 6.82. The van der Waals surface area contributed by atoms with Crippen LogP contribution in [-0.2, 0) is 12.8 Å². The molecule has 0 amide bonds. The van der Waals surface area contributed by atoms with E-state index in [2.05, 4.69) is 15.2 Å². The summed E-state index contributed by atoms with van der Waals surface area (Å²) in [4.78, 5) is 4.42. The summed E-state index contributed by atoms with van der Waals surface area (Å²) in [6, 6.07) is 4.07. The number of benzene rings is 1. The molecule has 5 heteroatoms. The smallest absolute Gasteiger partial charge is 0.341 e. The van der Waals surface area contributed by atoms with Crippen molar-refractivity contribution >= 4 is 5.69 Å². The molecule has 2 aromatic rings. The van der Waals surface area contributed by atoms with E-state index in [0.29, 0.717) is 5.75 Å². The summed E-state index contributed by atoms with van der Waals surface area (Å²) in [5.41, 5.74) is 10.4. The van der Waals surface area contributed by atoms with Crippen LogP contribution in [0.4, 0.5) is 5.69 Å². The molecule has 1 aromatic heterocycles. The Morgan fingerprint density at radius 2 is 1.70 bits per heavy atom. The minimum Gasteiger partial charge on any atom is -0.423 e. The predicted octanol–water partition coefficient (Wildman–Crippen LogP) is 2.99. The molecule has 0 radical (unpaired) electrons. The number of rotatable bonds is 4. The molecule has 0 aliphatic rings. The molecule has 0 bridgehead atoms. The van der Waals surface area contributed by atoms with Crippen molar-refractivity contribution in [3.05, 3.63) is 34.6 Å². The molecular weight excluding hydrogens is 252 g/mol. The van der Waals surface area contributed by atoms with Crippen LogP contribution in [0.2, 0.25) is 0 Å². The van der Waals surface area contributed by atoms with Gasteiger partial charge >= 0.3 is 6.01 Å². The van der Waals surface area contributed by atoms with E-state index in [-0.39, 0.29) is 6.01 Å². The average Bonchev–Trinajstić information content (AvgIpc) is 2.44. The Labute approximate surface area is 119 Å². The van der Waals surface area contributed by atoms with Crippen molar-refractivity contribution in [1.82, 2.24) is 15.2 Å². The molecule has 0 saturated heterocycles. The molecule has 0 unspecified atom stereocenters. The van der Waals surface area contributed by atoms with Crippen molar-refractivity contribution in [3.63, 3.8) is 0 Å². The molecule has 0 aliphatic heterocycles. The quantitative estimate of drug-likeness (QED) is 0.866.